The molecular weight excluding hydrogens is 502 g/mol. The lowest BCUT2D eigenvalue weighted by Crippen LogP contribution is -2.41. The van der Waals surface area contributed by atoms with Crippen LogP contribution in [0.5, 0.6) is 0 Å². The minimum absolute atomic E-state index is 0. The number of guanidine groups is 1. The standard InChI is InChI=1S/C21H23FN4OS.HI/c1-2-23-20(24-12-15-13-27-19(26-15)18-8-5-11-28-18)25-14-21(9-10-21)16-6-3-4-7-17(16)22;/h3-8,11,13H,2,9-10,12,14H2,1H3,(H2,23,24,25);1H. The van der Waals surface area contributed by atoms with Crippen molar-refractivity contribution >= 4 is 41.3 Å². The van der Waals surface area contributed by atoms with Crippen molar-refractivity contribution in [1.82, 2.24) is 15.6 Å². The van der Waals surface area contributed by atoms with Crippen LogP contribution in [0.15, 0.2) is 57.5 Å². The maximum Gasteiger partial charge on any atom is 0.236 e. The largest absolute Gasteiger partial charge is 0.443 e. The second-order valence-corrected chi connectivity index (χ2v) is 7.88. The van der Waals surface area contributed by atoms with Gasteiger partial charge in [-0.25, -0.2) is 14.4 Å². The molecule has 0 saturated heterocycles. The Morgan fingerprint density at radius 3 is 2.76 bits per heavy atom. The van der Waals surface area contributed by atoms with Crippen molar-refractivity contribution in [2.45, 2.75) is 31.7 Å². The number of nitrogens with one attached hydrogen (secondary N) is 2. The van der Waals surface area contributed by atoms with Gasteiger partial charge >= 0.3 is 0 Å². The molecule has 2 N–H and O–H groups in total. The number of thiophene rings is 1. The van der Waals surface area contributed by atoms with Gasteiger partial charge < -0.3 is 15.1 Å². The molecule has 1 fully saturated rings. The summed E-state index contributed by atoms with van der Waals surface area (Å²) in [5.41, 5.74) is 1.42. The van der Waals surface area contributed by atoms with E-state index in [4.69, 9.17) is 4.42 Å². The summed E-state index contributed by atoms with van der Waals surface area (Å²) in [4.78, 5) is 10.1. The molecule has 0 aliphatic heterocycles. The van der Waals surface area contributed by atoms with E-state index >= 15 is 0 Å². The predicted molar refractivity (Wildman–Crippen MR) is 125 cm³/mol. The maximum absolute atomic E-state index is 14.2. The molecule has 1 aromatic carbocycles. The summed E-state index contributed by atoms with van der Waals surface area (Å²) in [7, 11) is 0. The third-order valence-electron chi connectivity index (χ3n) is 4.92. The number of aromatic nitrogens is 1. The van der Waals surface area contributed by atoms with E-state index in [1.165, 1.54) is 6.07 Å². The quantitative estimate of drug-likeness (QED) is 0.260. The first-order valence-electron chi connectivity index (χ1n) is 9.46. The number of benzene rings is 1. The van der Waals surface area contributed by atoms with E-state index in [0.29, 0.717) is 24.9 Å². The van der Waals surface area contributed by atoms with Gasteiger partial charge in [-0.2, -0.15) is 0 Å². The molecule has 1 aliphatic rings. The van der Waals surface area contributed by atoms with Crippen LogP contribution in [0.25, 0.3) is 10.8 Å². The van der Waals surface area contributed by atoms with Gasteiger partial charge in [0.05, 0.1) is 11.4 Å². The van der Waals surface area contributed by atoms with Crippen LogP contribution >= 0.6 is 35.3 Å². The van der Waals surface area contributed by atoms with Gasteiger partial charge in [-0.1, -0.05) is 24.3 Å². The highest BCUT2D eigenvalue weighted by atomic mass is 127. The lowest BCUT2D eigenvalue weighted by molar-refractivity contribution is 0.559. The van der Waals surface area contributed by atoms with Crippen molar-refractivity contribution in [2.75, 3.05) is 13.1 Å². The van der Waals surface area contributed by atoms with Crippen LogP contribution in [-0.2, 0) is 12.0 Å². The topological polar surface area (TPSA) is 62.5 Å². The van der Waals surface area contributed by atoms with E-state index < -0.39 is 0 Å². The third-order valence-corrected chi connectivity index (χ3v) is 5.78. The smallest absolute Gasteiger partial charge is 0.236 e. The summed E-state index contributed by atoms with van der Waals surface area (Å²) in [6.07, 6.45) is 3.60. The van der Waals surface area contributed by atoms with Crippen molar-refractivity contribution in [2.24, 2.45) is 4.99 Å². The van der Waals surface area contributed by atoms with Crippen molar-refractivity contribution in [3.8, 4) is 10.8 Å². The molecule has 8 heteroatoms. The highest BCUT2D eigenvalue weighted by Gasteiger charge is 2.45. The van der Waals surface area contributed by atoms with E-state index in [1.54, 1.807) is 23.7 Å². The van der Waals surface area contributed by atoms with Crippen LogP contribution < -0.4 is 10.6 Å². The SMILES string of the molecule is CCNC(=NCc1coc(-c2cccs2)n1)NCC1(c2ccccc2F)CC1.I. The molecule has 0 unspecified atom stereocenters. The molecule has 4 rings (SSSR count). The van der Waals surface area contributed by atoms with Gasteiger partial charge in [0, 0.05) is 18.5 Å². The Morgan fingerprint density at radius 1 is 1.24 bits per heavy atom. The average Bonchev–Trinajstić information content (AvgIpc) is 3.10. The third kappa shape index (κ3) is 5.16. The molecule has 5 nitrogen and oxygen atoms in total. The molecule has 0 spiro atoms. The molecule has 3 aromatic rings. The van der Waals surface area contributed by atoms with Crippen molar-refractivity contribution in [1.29, 1.82) is 0 Å². The van der Waals surface area contributed by atoms with Crippen LogP contribution in [0.4, 0.5) is 4.39 Å². The van der Waals surface area contributed by atoms with Crippen LogP contribution in [0.2, 0.25) is 0 Å². The van der Waals surface area contributed by atoms with Crippen molar-refractivity contribution in [3.63, 3.8) is 0 Å². The number of hydrogen-bond acceptors (Lipinski definition) is 4. The number of nitrogens with zero attached hydrogens (tertiary/aromatic N) is 2. The van der Waals surface area contributed by atoms with Crippen LogP contribution in [0.1, 0.15) is 31.0 Å². The number of rotatable bonds is 7. The number of oxazole rings is 1. The zero-order valence-corrected chi connectivity index (χ0v) is 19.3. The minimum atomic E-state index is -0.137. The first kappa shape index (κ1) is 21.8. The van der Waals surface area contributed by atoms with E-state index in [0.717, 1.165) is 35.5 Å². The van der Waals surface area contributed by atoms with Crippen molar-refractivity contribution in [3.05, 3.63) is 65.1 Å². The Balaban J connectivity index is 0.00000240. The van der Waals surface area contributed by atoms with Crippen molar-refractivity contribution < 1.29 is 8.81 Å². The first-order chi connectivity index (χ1) is 13.7. The van der Waals surface area contributed by atoms with E-state index in [2.05, 4.69) is 20.6 Å². The second-order valence-electron chi connectivity index (χ2n) is 6.93. The summed E-state index contributed by atoms with van der Waals surface area (Å²) < 4.78 is 19.7. The maximum atomic E-state index is 14.2. The molecule has 154 valence electrons. The van der Waals surface area contributed by atoms with E-state index in [-0.39, 0.29) is 35.2 Å². The number of halogens is 2. The van der Waals surface area contributed by atoms with Gasteiger partial charge in [0.1, 0.15) is 17.8 Å². The summed E-state index contributed by atoms with van der Waals surface area (Å²) in [6.45, 7) is 3.83. The second kappa shape index (κ2) is 9.71. The van der Waals surface area contributed by atoms with Gasteiger partial charge in [0.15, 0.2) is 5.96 Å². The summed E-state index contributed by atoms with van der Waals surface area (Å²) >= 11 is 1.59. The Bertz CT molecular complexity index is 953. The zero-order valence-electron chi connectivity index (χ0n) is 16.2. The lowest BCUT2D eigenvalue weighted by atomic mass is 9.95. The monoisotopic (exact) mass is 526 g/mol. The van der Waals surface area contributed by atoms with Crippen LogP contribution in [0, 0.1) is 5.82 Å². The molecule has 2 aromatic heterocycles. The molecule has 1 saturated carbocycles. The first-order valence-corrected chi connectivity index (χ1v) is 10.3. The van der Waals surface area contributed by atoms with E-state index in [1.807, 2.05) is 36.6 Å². The Kier molecular flexibility index (Phi) is 7.28. The fraction of sp³-hybridized carbons (Fsp3) is 0.333. The van der Waals surface area contributed by atoms with Gasteiger partial charge in [-0.05, 0) is 42.8 Å². The normalized spacial score (nSPS) is 14.9. The van der Waals surface area contributed by atoms with Gasteiger partial charge in [0.2, 0.25) is 5.89 Å². The fourth-order valence-corrected chi connectivity index (χ4v) is 3.89. The molecule has 0 bridgehead atoms. The molecular formula is C21H24FIN4OS. The summed E-state index contributed by atoms with van der Waals surface area (Å²) in [6, 6.07) is 11.0. The highest BCUT2D eigenvalue weighted by molar-refractivity contribution is 14.0. The molecule has 0 amide bonds. The van der Waals surface area contributed by atoms with Gasteiger partial charge in [-0.15, -0.1) is 35.3 Å². The number of hydrogen-bond donors (Lipinski definition) is 2. The molecule has 2 heterocycles. The van der Waals surface area contributed by atoms with Crippen LogP contribution in [0.3, 0.4) is 0 Å². The fourth-order valence-electron chi connectivity index (χ4n) is 3.23. The molecule has 29 heavy (non-hydrogen) atoms. The summed E-state index contributed by atoms with van der Waals surface area (Å²) in [5.74, 6) is 1.19. The lowest BCUT2D eigenvalue weighted by Gasteiger charge is -2.19. The highest BCUT2D eigenvalue weighted by Crippen LogP contribution is 2.48. The zero-order chi connectivity index (χ0) is 19.4. The Labute approximate surface area is 190 Å². The Hall–Kier alpha value is -1.94. The average molecular weight is 526 g/mol. The molecule has 0 atom stereocenters. The summed E-state index contributed by atoms with van der Waals surface area (Å²) in [5, 5.41) is 8.61. The predicted octanol–water partition coefficient (Wildman–Crippen LogP) is 4.95. The Morgan fingerprint density at radius 2 is 2.07 bits per heavy atom. The molecule has 0 radical (unpaired) electrons. The minimum Gasteiger partial charge on any atom is -0.443 e. The molecule has 1 aliphatic carbocycles. The van der Waals surface area contributed by atoms with Gasteiger partial charge in [0.25, 0.3) is 0 Å². The number of aliphatic imine (C=N–C) groups is 1. The van der Waals surface area contributed by atoms with Crippen LogP contribution in [-0.4, -0.2) is 24.0 Å². The van der Waals surface area contributed by atoms with Gasteiger partial charge in [-0.3, -0.25) is 0 Å². The van der Waals surface area contributed by atoms with E-state index in [9.17, 15) is 4.39 Å².